The van der Waals surface area contributed by atoms with Gasteiger partial charge in [0.25, 0.3) is 10.0 Å². The maximum absolute atomic E-state index is 13.0. The van der Waals surface area contributed by atoms with Gasteiger partial charge in [-0.3, -0.25) is 0 Å². The molecule has 3 rings (SSSR count). The van der Waals surface area contributed by atoms with Crippen molar-refractivity contribution >= 4 is 21.7 Å². The molecule has 1 aliphatic rings. The first-order valence-corrected chi connectivity index (χ1v) is 9.07. The molecule has 2 aromatic rings. The summed E-state index contributed by atoms with van der Waals surface area (Å²) in [6.45, 7) is 5.27. The molecule has 126 valence electrons. The van der Waals surface area contributed by atoms with E-state index in [0.717, 1.165) is 4.31 Å². The number of para-hydroxylation sites is 1. The summed E-state index contributed by atoms with van der Waals surface area (Å²) in [4.78, 5) is 12.9. The molecule has 0 aliphatic carbocycles. The number of nitrogens with zero attached hydrogens (tertiary/aromatic N) is 1. The van der Waals surface area contributed by atoms with E-state index in [1.807, 2.05) is 0 Å². The Morgan fingerprint density at radius 2 is 1.58 bits per heavy atom. The van der Waals surface area contributed by atoms with Crippen molar-refractivity contribution in [2.75, 3.05) is 4.31 Å². The van der Waals surface area contributed by atoms with Gasteiger partial charge in [0.05, 0.1) is 10.6 Å². The van der Waals surface area contributed by atoms with E-state index in [1.54, 1.807) is 69.3 Å². The minimum atomic E-state index is -3.82. The molecular weight excluding hydrogens is 326 g/mol. The summed E-state index contributed by atoms with van der Waals surface area (Å²) >= 11 is 0. The number of carbonyl (C=O) groups is 1. The summed E-state index contributed by atoms with van der Waals surface area (Å²) in [6, 6.07) is 14.1. The molecule has 24 heavy (non-hydrogen) atoms. The van der Waals surface area contributed by atoms with Gasteiger partial charge < -0.3 is 4.74 Å². The Kier molecular flexibility index (Phi) is 3.87. The van der Waals surface area contributed by atoms with Crippen LogP contribution >= 0.6 is 0 Å². The molecule has 0 fully saturated rings. The summed E-state index contributed by atoms with van der Waals surface area (Å²) in [6.07, 6.45) is 0. The second kappa shape index (κ2) is 5.63. The largest absolute Gasteiger partial charge is 0.458 e. The zero-order valence-corrected chi connectivity index (χ0v) is 14.6. The molecule has 0 radical (unpaired) electrons. The molecule has 0 aromatic heterocycles. The molecular formula is C18H19NO4S. The van der Waals surface area contributed by atoms with Crippen molar-refractivity contribution in [2.24, 2.45) is 0 Å². The van der Waals surface area contributed by atoms with Crippen molar-refractivity contribution in [3.8, 4) is 0 Å². The maximum atomic E-state index is 13.0. The molecule has 0 saturated heterocycles. The van der Waals surface area contributed by atoms with Crippen molar-refractivity contribution in [3.05, 3.63) is 60.2 Å². The zero-order valence-electron chi connectivity index (χ0n) is 13.8. The lowest BCUT2D eigenvalue weighted by Crippen LogP contribution is -2.37. The van der Waals surface area contributed by atoms with Gasteiger partial charge in [0.1, 0.15) is 5.60 Å². The number of benzene rings is 2. The van der Waals surface area contributed by atoms with E-state index in [9.17, 15) is 13.2 Å². The fourth-order valence-corrected chi connectivity index (χ4v) is 4.57. The number of hydrogen-bond acceptors (Lipinski definition) is 4. The number of esters is 1. The topological polar surface area (TPSA) is 63.7 Å². The molecule has 1 unspecified atom stereocenters. The Morgan fingerprint density at radius 1 is 1.00 bits per heavy atom. The Hall–Kier alpha value is -2.34. The highest BCUT2D eigenvalue weighted by atomic mass is 32.2. The maximum Gasteiger partial charge on any atom is 0.335 e. The van der Waals surface area contributed by atoms with E-state index in [4.69, 9.17) is 4.74 Å². The van der Waals surface area contributed by atoms with Crippen LogP contribution in [-0.2, 0) is 19.6 Å². The molecule has 0 bridgehead atoms. The van der Waals surface area contributed by atoms with Gasteiger partial charge in [-0.15, -0.1) is 0 Å². The molecule has 1 aliphatic heterocycles. The first kappa shape index (κ1) is 16.5. The van der Waals surface area contributed by atoms with Crippen LogP contribution in [-0.4, -0.2) is 20.0 Å². The minimum absolute atomic E-state index is 0.143. The van der Waals surface area contributed by atoms with E-state index in [1.165, 1.54) is 6.07 Å². The quantitative estimate of drug-likeness (QED) is 0.784. The van der Waals surface area contributed by atoms with E-state index < -0.39 is 27.6 Å². The second-order valence-electron chi connectivity index (χ2n) is 6.61. The summed E-state index contributed by atoms with van der Waals surface area (Å²) < 4.78 is 32.6. The monoisotopic (exact) mass is 345 g/mol. The predicted octanol–water partition coefficient (Wildman–Crippen LogP) is 3.28. The van der Waals surface area contributed by atoms with Crippen molar-refractivity contribution in [1.29, 1.82) is 0 Å². The van der Waals surface area contributed by atoms with Crippen LogP contribution in [0.25, 0.3) is 0 Å². The molecule has 1 heterocycles. The van der Waals surface area contributed by atoms with Gasteiger partial charge in [-0.1, -0.05) is 36.4 Å². The molecule has 2 aromatic carbocycles. The summed E-state index contributed by atoms with van der Waals surface area (Å²) in [7, 11) is -3.82. The number of anilines is 1. The van der Waals surface area contributed by atoms with E-state index in [-0.39, 0.29) is 4.90 Å². The molecule has 1 atom stereocenters. The number of rotatable bonds is 2. The molecule has 5 nitrogen and oxygen atoms in total. The fourth-order valence-electron chi connectivity index (χ4n) is 2.76. The van der Waals surface area contributed by atoms with Crippen LogP contribution in [0.1, 0.15) is 32.4 Å². The van der Waals surface area contributed by atoms with Crippen molar-refractivity contribution < 1.29 is 17.9 Å². The average molecular weight is 345 g/mol. The van der Waals surface area contributed by atoms with Crippen LogP contribution in [0.2, 0.25) is 0 Å². The summed E-state index contributed by atoms with van der Waals surface area (Å²) in [5.74, 6) is -0.583. The van der Waals surface area contributed by atoms with Gasteiger partial charge in [0.15, 0.2) is 6.04 Å². The van der Waals surface area contributed by atoms with Gasteiger partial charge in [-0.25, -0.2) is 17.5 Å². The number of carbonyl (C=O) groups excluding carboxylic acids is 1. The molecule has 6 heteroatoms. The fraction of sp³-hybridized carbons (Fsp3) is 0.278. The van der Waals surface area contributed by atoms with Crippen LogP contribution in [0.4, 0.5) is 5.69 Å². The highest BCUT2D eigenvalue weighted by molar-refractivity contribution is 7.93. The number of hydrogen-bond donors (Lipinski definition) is 0. The third-order valence-corrected chi connectivity index (χ3v) is 5.49. The van der Waals surface area contributed by atoms with Crippen molar-refractivity contribution in [2.45, 2.75) is 37.3 Å². The van der Waals surface area contributed by atoms with Gasteiger partial charge in [0, 0.05) is 5.56 Å². The van der Waals surface area contributed by atoms with E-state index >= 15 is 0 Å². The zero-order chi connectivity index (χ0) is 17.5. The van der Waals surface area contributed by atoms with Gasteiger partial charge in [-0.2, -0.15) is 0 Å². The van der Waals surface area contributed by atoms with Crippen LogP contribution in [0.3, 0.4) is 0 Å². The Bertz CT molecular complexity index is 869. The van der Waals surface area contributed by atoms with E-state index in [2.05, 4.69) is 0 Å². The van der Waals surface area contributed by atoms with Crippen LogP contribution < -0.4 is 4.31 Å². The van der Waals surface area contributed by atoms with E-state index in [0.29, 0.717) is 11.3 Å². The van der Waals surface area contributed by atoms with Gasteiger partial charge >= 0.3 is 5.97 Å². The highest BCUT2D eigenvalue weighted by Gasteiger charge is 2.47. The first-order valence-electron chi connectivity index (χ1n) is 7.63. The molecule has 0 saturated carbocycles. The third-order valence-electron chi connectivity index (χ3n) is 3.63. The SMILES string of the molecule is CC(C)(C)OC(=O)C1c2ccccc2S(=O)(=O)N1c1ccccc1. The number of ether oxygens (including phenoxy) is 1. The normalized spacial score (nSPS) is 19.0. The van der Waals surface area contributed by atoms with Gasteiger partial charge in [0.2, 0.25) is 0 Å². The first-order chi connectivity index (χ1) is 11.2. The summed E-state index contributed by atoms with van der Waals surface area (Å²) in [5, 5.41) is 0. The highest BCUT2D eigenvalue weighted by Crippen LogP contribution is 2.43. The Balaban J connectivity index is 2.17. The predicted molar refractivity (Wildman–Crippen MR) is 91.1 cm³/mol. The molecule has 0 spiro atoms. The standard InChI is InChI=1S/C18H19NO4S/c1-18(2,3)23-17(20)16-14-11-7-8-12-15(14)24(21,22)19(16)13-9-5-4-6-10-13/h4-12,16H,1-3H3. The Labute approximate surface area is 141 Å². The van der Waals surface area contributed by atoms with Crippen molar-refractivity contribution in [1.82, 2.24) is 0 Å². The Morgan fingerprint density at radius 3 is 2.21 bits per heavy atom. The van der Waals surface area contributed by atoms with Crippen LogP contribution in [0.15, 0.2) is 59.5 Å². The van der Waals surface area contributed by atoms with Gasteiger partial charge in [-0.05, 0) is 39.0 Å². The average Bonchev–Trinajstić information content (AvgIpc) is 2.75. The van der Waals surface area contributed by atoms with Crippen LogP contribution in [0, 0.1) is 0 Å². The number of fused-ring (bicyclic) bond motifs is 1. The summed E-state index contributed by atoms with van der Waals surface area (Å²) in [5.41, 5.74) is 0.168. The lowest BCUT2D eigenvalue weighted by atomic mass is 10.1. The molecule has 0 N–H and O–H groups in total. The third kappa shape index (κ3) is 2.78. The number of sulfonamides is 1. The lowest BCUT2D eigenvalue weighted by molar-refractivity contribution is -0.156. The second-order valence-corrected chi connectivity index (χ2v) is 8.39. The van der Waals surface area contributed by atoms with Crippen molar-refractivity contribution in [3.63, 3.8) is 0 Å². The minimum Gasteiger partial charge on any atom is -0.458 e. The lowest BCUT2D eigenvalue weighted by Gasteiger charge is -2.28. The molecule has 0 amide bonds. The van der Waals surface area contributed by atoms with Crippen LogP contribution in [0.5, 0.6) is 0 Å². The smallest absolute Gasteiger partial charge is 0.335 e.